The molecule has 0 radical (unpaired) electrons. The highest BCUT2D eigenvalue weighted by atomic mass is 15.2. The van der Waals surface area contributed by atoms with Crippen LogP contribution in [0.3, 0.4) is 0 Å². The first kappa shape index (κ1) is 12.4. The first-order valence-electron chi connectivity index (χ1n) is 6.80. The van der Waals surface area contributed by atoms with Gasteiger partial charge in [0, 0.05) is 19.3 Å². The van der Waals surface area contributed by atoms with E-state index in [1.165, 1.54) is 37.7 Å². The van der Waals surface area contributed by atoms with Crippen LogP contribution in [0.5, 0.6) is 0 Å². The minimum absolute atomic E-state index is 0.699. The Morgan fingerprint density at radius 2 is 1.76 bits per heavy atom. The van der Waals surface area contributed by atoms with Gasteiger partial charge in [0.15, 0.2) is 0 Å². The highest BCUT2D eigenvalue weighted by molar-refractivity contribution is 5.39. The molecule has 2 N–H and O–H groups in total. The summed E-state index contributed by atoms with van der Waals surface area (Å²) in [4.78, 5) is 6.99. The Balaban J connectivity index is 1.99. The molecule has 1 aliphatic rings. The third-order valence-corrected chi connectivity index (χ3v) is 3.42. The maximum absolute atomic E-state index is 5.54. The Kier molecular flexibility index (Phi) is 4.80. The lowest BCUT2D eigenvalue weighted by Crippen LogP contribution is -2.27. The van der Waals surface area contributed by atoms with Crippen molar-refractivity contribution in [2.75, 3.05) is 24.5 Å². The number of nitrogens with two attached hydrogens (primary N) is 1. The highest BCUT2D eigenvalue weighted by Crippen LogP contribution is 2.17. The van der Waals surface area contributed by atoms with Gasteiger partial charge in [-0.05, 0) is 37.4 Å². The van der Waals surface area contributed by atoms with E-state index in [-0.39, 0.29) is 0 Å². The Morgan fingerprint density at radius 3 is 2.35 bits per heavy atom. The molecule has 1 fully saturated rings. The van der Waals surface area contributed by atoms with Gasteiger partial charge >= 0.3 is 0 Å². The number of aromatic nitrogens is 1. The van der Waals surface area contributed by atoms with Crippen molar-refractivity contribution in [2.24, 2.45) is 5.73 Å². The normalized spacial score (nSPS) is 17.6. The van der Waals surface area contributed by atoms with Gasteiger partial charge < -0.3 is 10.6 Å². The number of pyridine rings is 1. The molecule has 2 rings (SSSR count). The van der Waals surface area contributed by atoms with Crippen LogP contribution in [-0.2, 0) is 6.42 Å². The van der Waals surface area contributed by atoms with Crippen molar-refractivity contribution in [3.63, 3.8) is 0 Å². The van der Waals surface area contributed by atoms with Gasteiger partial charge in [-0.15, -0.1) is 0 Å². The zero-order valence-corrected chi connectivity index (χ0v) is 10.6. The molecular formula is C14H23N3. The van der Waals surface area contributed by atoms with Gasteiger partial charge in [0.2, 0.25) is 0 Å². The third-order valence-electron chi connectivity index (χ3n) is 3.42. The topological polar surface area (TPSA) is 42.1 Å². The Hall–Kier alpha value is -1.09. The SMILES string of the molecule is NCCc1ccc(N2CCCCCCC2)nc1. The monoisotopic (exact) mass is 233 g/mol. The van der Waals surface area contributed by atoms with Crippen molar-refractivity contribution in [1.29, 1.82) is 0 Å². The molecule has 0 aliphatic carbocycles. The molecular weight excluding hydrogens is 210 g/mol. The van der Waals surface area contributed by atoms with Gasteiger partial charge in [0.05, 0.1) is 0 Å². The fraction of sp³-hybridized carbons (Fsp3) is 0.643. The summed E-state index contributed by atoms with van der Waals surface area (Å²) < 4.78 is 0. The van der Waals surface area contributed by atoms with Crippen molar-refractivity contribution >= 4 is 5.82 Å². The molecule has 17 heavy (non-hydrogen) atoms. The summed E-state index contributed by atoms with van der Waals surface area (Å²) in [7, 11) is 0. The van der Waals surface area contributed by atoms with Gasteiger partial charge in [-0.1, -0.05) is 25.3 Å². The molecule has 0 unspecified atom stereocenters. The van der Waals surface area contributed by atoms with E-state index in [0.29, 0.717) is 6.54 Å². The zero-order valence-electron chi connectivity index (χ0n) is 10.6. The van der Waals surface area contributed by atoms with Gasteiger partial charge in [-0.25, -0.2) is 4.98 Å². The number of nitrogens with zero attached hydrogens (tertiary/aromatic N) is 2. The Morgan fingerprint density at radius 1 is 1.06 bits per heavy atom. The summed E-state index contributed by atoms with van der Waals surface area (Å²) >= 11 is 0. The summed E-state index contributed by atoms with van der Waals surface area (Å²) in [6.45, 7) is 3.01. The van der Waals surface area contributed by atoms with Crippen LogP contribution in [0.15, 0.2) is 18.3 Å². The van der Waals surface area contributed by atoms with Gasteiger partial charge in [-0.2, -0.15) is 0 Å². The molecule has 1 aromatic rings. The second-order valence-electron chi connectivity index (χ2n) is 4.82. The second kappa shape index (κ2) is 6.60. The van der Waals surface area contributed by atoms with Gasteiger partial charge in [-0.3, -0.25) is 0 Å². The molecule has 0 amide bonds. The van der Waals surface area contributed by atoms with Crippen LogP contribution in [0, 0.1) is 0 Å². The van der Waals surface area contributed by atoms with Crippen LogP contribution in [0.4, 0.5) is 5.82 Å². The summed E-state index contributed by atoms with van der Waals surface area (Å²) in [5.74, 6) is 1.13. The quantitative estimate of drug-likeness (QED) is 0.871. The smallest absolute Gasteiger partial charge is 0.128 e. The van der Waals surface area contributed by atoms with E-state index in [2.05, 4.69) is 22.0 Å². The van der Waals surface area contributed by atoms with Crippen LogP contribution in [0.25, 0.3) is 0 Å². The highest BCUT2D eigenvalue weighted by Gasteiger charge is 2.09. The van der Waals surface area contributed by atoms with E-state index in [0.717, 1.165) is 25.3 Å². The average Bonchev–Trinajstić information content (AvgIpc) is 2.30. The fourth-order valence-electron chi connectivity index (χ4n) is 2.39. The summed E-state index contributed by atoms with van der Waals surface area (Å²) in [5.41, 5.74) is 6.78. The standard InChI is InChI=1S/C14H23N3/c15-9-8-13-6-7-14(16-12-13)17-10-4-2-1-3-5-11-17/h6-7,12H,1-5,8-11,15H2. The zero-order chi connectivity index (χ0) is 11.9. The van der Waals surface area contributed by atoms with Crippen molar-refractivity contribution in [2.45, 2.75) is 38.5 Å². The number of hydrogen-bond donors (Lipinski definition) is 1. The maximum Gasteiger partial charge on any atom is 0.128 e. The lowest BCUT2D eigenvalue weighted by molar-refractivity contribution is 0.554. The average molecular weight is 233 g/mol. The second-order valence-corrected chi connectivity index (χ2v) is 4.82. The minimum atomic E-state index is 0.699. The summed E-state index contributed by atoms with van der Waals surface area (Å²) in [6.07, 6.45) is 9.62. The van der Waals surface area contributed by atoms with Crippen molar-refractivity contribution < 1.29 is 0 Å². The molecule has 0 bridgehead atoms. The van der Waals surface area contributed by atoms with Gasteiger partial charge in [0.25, 0.3) is 0 Å². The molecule has 0 atom stereocenters. The summed E-state index contributed by atoms with van der Waals surface area (Å²) in [6, 6.07) is 4.31. The van der Waals surface area contributed by atoms with E-state index in [1.54, 1.807) is 0 Å². The molecule has 1 aromatic heterocycles. The van der Waals surface area contributed by atoms with Crippen molar-refractivity contribution in [3.05, 3.63) is 23.9 Å². The van der Waals surface area contributed by atoms with Crippen LogP contribution in [-0.4, -0.2) is 24.6 Å². The number of anilines is 1. The van der Waals surface area contributed by atoms with E-state index >= 15 is 0 Å². The van der Waals surface area contributed by atoms with Crippen LogP contribution in [0.2, 0.25) is 0 Å². The molecule has 0 aromatic carbocycles. The lowest BCUT2D eigenvalue weighted by Gasteiger charge is -2.25. The maximum atomic E-state index is 5.54. The first-order chi connectivity index (χ1) is 8.40. The Bertz CT molecular complexity index is 313. The lowest BCUT2D eigenvalue weighted by atomic mass is 10.1. The molecule has 94 valence electrons. The van der Waals surface area contributed by atoms with E-state index < -0.39 is 0 Å². The Labute approximate surface area is 104 Å². The van der Waals surface area contributed by atoms with E-state index in [9.17, 15) is 0 Å². The van der Waals surface area contributed by atoms with E-state index in [4.69, 9.17) is 5.73 Å². The molecule has 3 nitrogen and oxygen atoms in total. The van der Waals surface area contributed by atoms with Gasteiger partial charge in [0.1, 0.15) is 5.82 Å². The molecule has 3 heteroatoms. The van der Waals surface area contributed by atoms with Crippen LogP contribution < -0.4 is 10.6 Å². The fourth-order valence-corrected chi connectivity index (χ4v) is 2.39. The van der Waals surface area contributed by atoms with Crippen LogP contribution in [0.1, 0.15) is 37.7 Å². The number of hydrogen-bond acceptors (Lipinski definition) is 3. The van der Waals surface area contributed by atoms with E-state index in [1.807, 2.05) is 6.20 Å². The molecule has 1 aliphatic heterocycles. The minimum Gasteiger partial charge on any atom is -0.357 e. The molecule has 0 saturated carbocycles. The predicted molar refractivity (Wildman–Crippen MR) is 72.3 cm³/mol. The number of rotatable bonds is 3. The summed E-state index contributed by atoms with van der Waals surface area (Å²) in [5, 5.41) is 0. The largest absolute Gasteiger partial charge is 0.357 e. The van der Waals surface area contributed by atoms with Crippen LogP contribution >= 0.6 is 0 Å². The molecule has 2 heterocycles. The third kappa shape index (κ3) is 3.70. The van der Waals surface area contributed by atoms with Crippen molar-refractivity contribution in [3.8, 4) is 0 Å². The molecule has 1 saturated heterocycles. The van der Waals surface area contributed by atoms with Crippen molar-refractivity contribution in [1.82, 2.24) is 4.98 Å². The molecule has 0 spiro atoms. The predicted octanol–water partition coefficient (Wildman–Crippen LogP) is 2.35. The first-order valence-corrected chi connectivity index (χ1v) is 6.80.